The molecule has 2 rings (SSSR count). The number of nitrogens with zero attached hydrogens (tertiary/aromatic N) is 3. The molecule has 1 N–H and O–H groups in total. The molecule has 0 aliphatic heterocycles. The lowest BCUT2D eigenvalue weighted by atomic mass is 10.1. The third-order valence-corrected chi connectivity index (χ3v) is 2.50. The molecule has 0 radical (unpaired) electrons. The molecule has 8 heteroatoms. The van der Waals surface area contributed by atoms with E-state index in [0.717, 1.165) is 23.0 Å². The summed E-state index contributed by atoms with van der Waals surface area (Å²) in [7, 11) is 0. The molecule has 0 saturated carbocycles. The van der Waals surface area contributed by atoms with Crippen LogP contribution in [0.1, 0.15) is 18.5 Å². The largest absolute Gasteiger partial charge is 0.512 e. The van der Waals surface area contributed by atoms with Crippen molar-refractivity contribution in [3.63, 3.8) is 0 Å². The predicted octanol–water partition coefficient (Wildman–Crippen LogP) is 2.22. The summed E-state index contributed by atoms with van der Waals surface area (Å²) in [5.41, 5.74) is -0.186. The highest BCUT2D eigenvalue weighted by molar-refractivity contribution is 5.59. The van der Waals surface area contributed by atoms with Gasteiger partial charge in [-0.15, -0.1) is 0 Å². The third kappa shape index (κ3) is 2.67. The van der Waals surface area contributed by atoms with Crippen molar-refractivity contribution in [3.8, 4) is 5.88 Å². The lowest BCUT2D eigenvalue weighted by Crippen LogP contribution is -2.11. The first kappa shape index (κ1) is 12.9. The number of hydrogen-bond donors (Lipinski definition) is 1. The van der Waals surface area contributed by atoms with E-state index >= 15 is 0 Å². The number of carboxylic acid groups (broad SMARTS) is 1. The summed E-state index contributed by atoms with van der Waals surface area (Å²) in [5, 5.41) is 15.4. The van der Waals surface area contributed by atoms with E-state index in [-0.39, 0.29) is 11.4 Å². The first-order chi connectivity index (χ1) is 8.99. The molecule has 0 saturated heterocycles. The summed E-state index contributed by atoms with van der Waals surface area (Å²) < 4.78 is 32.5. The standard InChI is InChI=1S/C11H9F2N3O3/c1-6(10-7(12)3-2-4-8(10)13)16-5-9(14-15-16)19-11(17)18/h2-6H,1H3,(H,17,18). The van der Waals surface area contributed by atoms with Crippen LogP contribution in [0.4, 0.5) is 13.6 Å². The average Bonchev–Trinajstić information content (AvgIpc) is 2.76. The quantitative estimate of drug-likeness (QED) is 0.864. The Morgan fingerprint density at radius 2 is 2.05 bits per heavy atom. The van der Waals surface area contributed by atoms with Gasteiger partial charge < -0.3 is 9.84 Å². The lowest BCUT2D eigenvalue weighted by Gasteiger charge is -2.13. The van der Waals surface area contributed by atoms with E-state index in [9.17, 15) is 13.6 Å². The van der Waals surface area contributed by atoms with Gasteiger partial charge in [0.1, 0.15) is 11.6 Å². The van der Waals surface area contributed by atoms with Crippen molar-refractivity contribution in [2.24, 2.45) is 0 Å². The molecule has 6 nitrogen and oxygen atoms in total. The normalized spacial score (nSPS) is 12.2. The number of hydrogen-bond acceptors (Lipinski definition) is 4. The van der Waals surface area contributed by atoms with Crippen molar-refractivity contribution in [1.29, 1.82) is 0 Å². The smallest absolute Gasteiger partial charge is 0.449 e. The van der Waals surface area contributed by atoms with Crippen LogP contribution in [0.15, 0.2) is 24.4 Å². The van der Waals surface area contributed by atoms with Gasteiger partial charge in [-0.3, -0.25) is 0 Å². The third-order valence-electron chi connectivity index (χ3n) is 2.50. The van der Waals surface area contributed by atoms with E-state index in [2.05, 4.69) is 15.0 Å². The topological polar surface area (TPSA) is 77.2 Å². The Balaban J connectivity index is 2.31. The summed E-state index contributed by atoms with van der Waals surface area (Å²) in [6.45, 7) is 1.50. The first-order valence-electron chi connectivity index (χ1n) is 5.25. The number of ether oxygens (including phenoxy) is 1. The molecule has 100 valence electrons. The maximum atomic E-state index is 13.6. The Morgan fingerprint density at radius 3 is 2.63 bits per heavy atom. The predicted molar refractivity (Wildman–Crippen MR) is 58.8 cm³/mol. The van der Waals surface area contributed by atoms with Crippen LogP contribution in [-0.4, -0.2) is 26.3 Å². The highest BCUT2D eigenvalue weighted by Gasteiger charge is 2.19. The molecule has 2 aromatic rings. The molecule has 0 aliphatic carbocycles. The second-order valence-electron chi connectivity index (χ2n) is 3.72. The summed E-state index contributed by atoms with van der Waals surface area (Å²) in [4.78, 5) is 10.3. The second kappa shape index (κ2) is 5.01. The number of aromatic nitrogens is 3. The number of benzene rings is 1. The average molecular weight is 269 g/mol. The van der Waals surface area contributed by atoms with Gasteiger partial charge in [-0.2, -0.15) is 0 Å². The molecule has 1 aromatic carbocycles. The Kier molecular flexibility index (Phi) is 3.41. The van der Waals surface area contributed by atoms with E-state index in [1.807, 2.05) is 0 Å². The van der Waals surface area contributed by atoms with E-state index < -0.39 is 23.8 Å². The zero-order valence-corrected chi connectivity index (χ0v) is 9.75. The number of halogens is 2. The van der Waals surface area contributed by atoms with Crippen molar-refractivity contribution in [2.75, 3.05) is 0 Å². The maximum absolute atomic E-state index is 13.6. The fourth-order valence-electron chi connectivity index (χ4n) is 1.63. The van der Waals surface area contributed by atoms with Gasteiger partial charge in [0.25, 0.3) is 5.88 Å². The second-order valence-corrected chi connectivity index (χ2v) is 3.72. The Bertz CT molecular complexity index is 595. The molecule has 1 unspecified atom stereocenters. The molecule has 0 aliphatic rings. The SMILES string of the molecule is CC(c1c(F)cccc1F)n1cc(OC(=O)O)nn1. The molecule has 0 bridgehead atoms. The highest BCUT2D eigenvalue weighted by Crippen LogP contribution is 2.24. The number of carbonyl (C=O) groups is 1. The van der Waals surface area contributed by atoms with Crippen LogP contribution in [0, 0.1) is 11.6 Å². The molecule has 0 amide bonds. The number of rotatable bonds is 3. The van der Waals surface area contributed by atoms with E-state index in [1.54, 1.807) is 0 Å². The molecular formula is C11H9F2N3O3. The molecule has 1 aromatic heterocycles. The minimum absolute atomic E-state index is 0.186. The van der Waals surface area contributed by atoms with Gasteiger partial charge in [0.2, 0.25) is 0 Å². The molecule has 1 atom stereocenters. The lowest BCUT2D eigenvalue weighted by molar-refractivity contribution is 0.142. The van der Waals surface area contributed by atoms with Gasteiger partial charge >= 0.3 is 6.16 Å². The van der Waals surface area contributed by atoms with Crippen molar-refractivity contribution >= 4 is 6.16 Å². The highest BCUT2D eigenvalue weighted by atomic mass is 19.1. The summed E-state index contributed by atoms with van der Waals surface area (Å²) in [5.74, 6) is -1.71. The fourth-order valence-corrected chi connectivity index (χ4v) is 1.63. The molecule has 0 spiro atoms. The zero-order chi connectivity index (χ0) is 14.0. The van der Waals surface area contributed by atoms with Crippen molar-refractivity contribution in [1.82, 2.24) is 15.0 Å². The Hall–Kier alpha value is -2.51. The van der Waals surface area contributed by atoms with Gasteiger partial charge in [-0.05, 0) is 19.1 Å². The van der Waals surface area contributed by atoms with Gasteiger partial charge in [0, 0.05) is 5.56 Å². The van der Waals surface area contributed by atoms with E-state index in [4.69, 9.17) is 5.11 Å². The zero-order valence-electron chi connectivity index (χ0n) is 9.75. The maximum Gasteiger partial charge on any atom is 0.512 e. The first-order valence-corrected chi connectivity index (χ1v) is 5.25. The Morgan fingerprint density at radius 1 is 1.42 bits per heavy atom. The molecular weight excluding hydrogens is 260 g/mol. The van der Waals surface area contributed by atoms with Crippen LogP contribution in [-0.2, 0) is 0 Å². The van der Waals surface area contributed by atoms with Crippen LogP contribution in [0.3, 0.4) is 0 Å². The van der Waals surface area contributed by atoms with Gasteiger partial charge in [-0.1, -0.05) is 16.4 Å². The van der Waals surface area contributed by atoms with E-state index in [0.29, 0.717) is 0 Å². The monoisotopic (exact) mass is 269 g/mol. The summed E-state index contributed by atoms with van der Waals surface area (Å²) >= 11 is 0. The van der Waals surface area contributed by atoms with Gasteiger partial charge in [-0.25, -0.2) is 18.3 Å². The van der Waals surface area contributed by atoms with Crippen LogP contribution < -0.4 is 4.74 Å². The molecule has 1 heterocycles. The Labute approximate surface area is 106 Å². The minimum atomic E-state index is -1.54. The van der Waals surface area contributed by atoms with Gasteiger partial charge in [0.05, 0.1) is 12.2 Å². The summed E-state index contributed by atoms with van der Waals surface area (Å²) in [6, 6.07) is 2.71. The van der Waals surface area contributed by atoms with Gasteiger partial charge in [0.15, 0.2) is 0 Å². The van der Waals surface area contributed by atoms with Crippen molar-refractivity contribution in [3.05, 3.63) is 41.6 Å². The van der Waals surface area contributed by atoms with Crippen LogP contribution in [0.5, 0.6) is 5.88 Å². The van der Waals surface area contributed by atoms with E-state index in [1.165, 1.54) is 13.0 Å². The minimum Gasteiger partial charge on any atom is -0.449 e. The van der Waals surface area contributed by atoms with Crippen LogP contribution in [0.25, 0.3) is 0 Å². The van der Waals surface area contributed by atoms with Crippen molar-refractivity contribution in [2.45, 2.75) is 13.0 Å². The van der Waals surface area contributed by atoms with Crippen LogP contribution in [0.2, 0.25) is 0 Å². The van der Waals surface area contributed by atoms with Crippen LogP contribution >= 0.6 is 0 Å². The summed E-state index contributed by atoms with van der Waals surface area (Å²) in [6.07, 6.45) is -0.401. The molecule has 0 fully saturated rings. The fraction of sp³-hybridized carbons (Fsp3) is 0.182. The van der Waals surface area contributed by atoms with Crippen molar-refractivity contribution < 1.29 is 23.4 Å². The molecule has 19 heavy (non-hydrogen) atoms.